The highest BCUT2D eigenvalue weighted by Gasteiger charge is 2.14. The summed E-state index contributed by atoms with van der Waals surface area (Å²) in [6.07, 6.45) is 1.19. The molecule has 0 aliphatic carbocycles. The van der Waals surface area contributed by atoms with E-state index in [1.165, 1.54) is 6.42 Å². The van der Waals surface area contributed by atoms with Gasteiger partial charge in [-0.3, -0.25) is 4.99 Å². The fourth-order valence-electron chi connectivity index (χ4n) is 1.86. The van der Waals surface area contributed by atoms with E-state index >= 15 is 0 Å². The number of guanidine groups is 1. The van der Waals surface area contributed by atoms with Gasteiger partial charge in [-0.15, -0.1) is 24.0 Å². The highest BCUT2D eigenvalue weighted by molar-refractivity contribution is 14.0. The van der Waals surface area contributed by atoms with Crippen LogP contribution in [0.5, 0.6) is 0 Å². The molecule has 4 nitrogen and oxygen atoms in total. The molecule has 18 heavy (non-hydrogen) atoms. The molecule has 1 atom stereocenters. The second-order valence-electron chi connectivity index (χ2n) is 5.68. The Bertz CT molecular complexity index is 227. The molecule has 0 fully saturated rings. The molecule has 0 aromatic rings. The molecule has 0 aromatic carbocycles. The van der Waals surface area contributed by atoms with E-state index in [2.05, 4.69) is 42.6 Å². The van der Waals surface area contributed by atoms with Crippen LogP contribution in [-0.4, -0.2) is 75.5 Å². The smallest absolute Gasteiger partial charge is 0.195 e. The fraction of sp³-hybridized carbons (Fsp3) is 0.923. The minimum Gasteiger partial charge on any atom is -0.349 e. The fourth-order valence-corrected chi connectivity index (χ4v) is 1.86. The van der Waals surface area contributed by atoms with E-state index in [1.54, 1.807) is 0 Å². The number of halogens is 1. The summed E-state index contributed by atoms with van der Waals surface area (Å²) >= 11 is 0. The van der Waals surface area contributed by atoms with Gasteiger partial charge in [-0.1, -0.05) is 13.8 Å². The topological polar surface area (TPSA) is 22.1 Å². The average Bonchev–Trinajstić information content (AvgIpc) is 2.14. The summed E-state index contributed by atoms with van der Waals surface area (Å²) in [7, 11) is 12.4. The van der Waals surface area contributed by atoms with Crippen LogP contribution in [0.2, 0.25) is 0 Å². The maximum atomic E-state index is 4.72. The lowest BCUT2D eigenvalue weighted by atomic mass is 10.0. The largest absolute Gasteiger partial charge is 0.349 e. The van der Waals surface area contributed by atoms with Crippen molar-refractivity contribution in [3.8, 4) is 0 Å². The maximum Gasteiger partial charge on any atom is 0.195 e. The Balaban J connectivity index is 0. The number of nitrogens with zero attached hydrogens (tertiary/aromatic N) is 4. The summed E-state index contributed by atoms with van der Waals surface area (Å²) < 4.78 is 0. The third-order valence-electron chi connectivity index (χ3n) is 2.72. The number of likely N-dealkylation sites (N-methyl/N-ethyl adjacent to an activating group) is 1. The van der Waals surface area contributed by atoms with Gasteiger partial charge in [-0.25, -0.2) is 0 Å². The molecule has 0 radical (unpaired) electrons. The van der Waals surface area contributed by atoms with Crippen molar-refractivity contribution in [1.29, 1.82) is 0 Å². The molecule has 110 valence electrons. The van der Waals surface area contributed by atoms with Crippen molar-refractivity contribution in [3.63, 3.8) is 0 Å². The van der Waals surface area contributed by atoms with Crippen LogP contribution in [0.3, 0.4) is 0 Å². The molecule has 0 saturated heterocycles. The minimum absolute atomic E-state index is 0. The molecule has 0 amide bonds. The van der Waals surface area contributed by atoms with Crippen molar-refractivity contribution in [1.82, 2.24) is 14.7 Å². The molecule has 0 heterocycles. The van der Waals surface area contributed by atoms with Gasteiger partial charge in [0.25, 0.3) is 0 Å². The van der Waals surface area contributed by atoms with Crippen LogP contribution >= 0.6 is 24.0 Å². The van der Waals surface area contributed by atoms with Gasteiger partial charge in [0.15, 0.2) is 5.96 Å². The number of aliphatic imine (C=N–C) groups is 1. The van der Waals surface area contributed by atoms with Crippen LogP contribution in [0.1, 0.15) is 20.3 Å². The monoisotopic (exact) mass is 370 g/mol. The Morgan fingerprint density at radius 2 is 1.39 bits per heavy atom. The van der Waals surface area contributed by atoms with Gasteiger partial charge in [0.05, 0.1) is 6.54 Å². The zero-order valence-electron chi connectivity index (χ0n) is 13.3. The summed E-state index contributed by atoms with van der Waals surface area (Å²) in [5.74, 6) is 1.74. The highest BCUT2D eigenvalue weighted by Crippen LogP contribution is 2.09. The Hall–Kier alpha value is -0.0400. The number of rotatable bonds is 5. The van der Waals surface area contributed by atoms with Crippen molar-refractivity contribution in [3.05, 3.63) is 0 Å². The van der Waals surface area contributed by atoms with Gasteiger partial charge in [0.1, 0.15) is 0 Å². The van der Waals surface area contributed by atoms with Crippen molar-refractivity contribution in [2.75, 3.05) is 48.8 Å². The minimum atomic E-state index is 0. The third-order valence-corrected chi connectivity index (χ3v) is 2.72. The lowest BCUT2D eigenvalue weighted by molar-refractivity contribution is 0.260. The standard InChI is InChI=1S/C13H30N4.HI/c1-11(2)9-12(15(3)4)10-14-13(16(5)6)17(7)8;/h11-12H,9-10H2,1-8H3;1H. The predicted molar refractivity (Wildman–Crippen MR) is 92.0 cm³/mol. The Kier molecular flexibility index (Phi) is 11.1. The molecule has 1 unspecified atom stereocenters. The summed E-state index contributed by atoms with van der Waals surface area (Å²) in [6.45, 7) is 5.38. The van der Waals surface area contributed by atoms with Gasteiger partial charge < -0.3 is 14.7 Å². The molecule has 0 rings (SSSR count). The summed E-state index contributed by atoms with van der Waals surface area (Å²) in [4.78, 5) is 11.1. The lowest BCUT2D eigenvalue weighted by Gasteiger charge is -2.27. The van der Waals surface area contributed by atoms with Crippen molar-refractivity contribution in [2.24, 2.45) is 10.9 Å². The second kappa shape index (κ2) is 9.83. The second-order valence-corrected chi connectivity index (χ2v) is 5.68. The van der Waals surface area contributed by atoms with Crippen LogP contribution in [0, 0.1) is 5.92 Å². The van der Waals surface area contributed by atoms with E-state index in [4.69, 9.17) is 4.99 Å². The maximum absolute atomic E-state index is 4.72. The van der Waals surface area contributed by atoms with E-state index in [-0.39, 0.29) is 24.0 Å². The first-order valence-electron chi connectivity index (χ1n) is 6.31. The van der Waals surface area contributed by atoms with E-state index in [0.717, 1.165) is 12.5 Å². The molecular weight excluding hydrogens is 339 g/mol. The van der Waals surface area contributed by atoms with Crippen molar-refractivity contribution < 1.29 is 0 Å². The van der Waals surface area contributed by atoms with Crippen molar-refractivity contribution >= 4 is 29.9 Å². The van der Waals surface area contributed by atoms with Gasteiger partial charge in [0, 0.05) is 34.2 Å². The van der Waals surface area contributed by atoms with Gasteiger partial charge >= 0.3 is 0 Å². The highest BCUT2D eigenvalue weighted by atomic mass is 127. The van der Waals surface area contributed by atoms with Crippen LogP contribution in [-0.2, 0) is 0 Å². The van der Waals surface area contributed by atoms with Gasteiger partial charge in [0.2, 0.25) is 0 Å². The Morgan fingerprint density at radius 3 is 1.67 bits per heavy atom. The molecule has 0 bridgehead atoms. The van der Waals surface area contributed by atoms with Crippen LogP contribution in [0.4, 0.5) is 0 Å². The first-order valence-corrected chi connectivity index (χ1v) is 6.31. The van der Waals surface area contributed by atoms with E-state index in [9.17, 15) is 0 Å². The van der Waals surface area contributed by atoms with Crippen molar-refractivity contribution in [2.45, 2.75) is 26.3 Å². The molecule has 5 heteroatoms. The summed E-state index contributed by atoms with van der Waals surface area (Å²) in [5, 5.41) is 0. The normalized spacial score (nSPS) is 12.1. The quantitative estimate of drug-likeness (QED) is 0.420. The van der Waals surface area contributed by atoms with E-state index in [0.29, 0.717) is 12.0 Å². The van der Waals surface area contributed by atoms with Gasteiger partial charge in [-0.05, 0) is 26.4 Å². The lowest BCUT2D eigenvalue weighted by Crippen LogP contribution is -2.38. The van der Waals surface area contributed by atoms with Gasteiger partial charge in [-0.2, -0.15) is 0 Å². The zero-order chi connectivity index (χ0) is 13.6. The molecule has 0 aromatic heterocycles. The molecule has 0 N–H and O–H groups in total. The summed E-state index contributed by atoms with van der Waals surface area (Å²) in [5.41, 5.74) is 0. The molecule has 0 saturated carbocycles. The predicted octanol–water partition coefficient (Wildman–Crippen LogP) is 2.06. The van der Waals surface area contributed by atoms with Crippen LogP contribution < -0.4 is 0 Å². The van der Waals surface area contributed by atoms with E-state index in [1.807, 2.05) is 28.2 Å². The van der Waals surface area contributed by atoms with Crippen LogP contribution in [0.15, 0.2) is 4.99 Å². The molecule has 0 aliphatic heterocycles. The SMILES string of the molecule is CC(C)CC(CN=C(N(C)C)N(C)C)N(C)C.I. The zero-order valence-corrected chi connectivity index (χ0v) is 15.6. The molecule has 0 aliphatic rings. The first kappa shape index (κ1) is 20.3. The number of hydrogen-bond donors (Lipinski definition) is 0. The first-order chi connectivity index (χ1) is 7.75. The molecule has 0 spiro atoms. The molecular formula is C13H31IN4. The Labute approximate surface area is 130 Å². The average molecular weight is 370 g/mol. The summed E-state index contributed by atoms with van der Waals surface area (Å²) in [6, 6.07) is 0.518. The third kappa shape index (κ3) is 8.13. The van der Waals surface area contributed by atoms with E-state index < -0.39 is 0 Å². The Morgan fingerprint density at radius 1 is 0.944 bits per heavy atom. The van der Waals surface area contributed by atoms with Crippen LogP contribution in [0.25, 0.3) is 0 Å². The number of hydrogen-bond acceptors (Lipinski definition) is 2.